The summed E-state index contributed by atoms with van der Waals surface area (Å²) < 4.78 is 19.7. The van der Waals surface area contributed by atoms with Crippen molar-refractivity contribution in [1.82, 2.24) is 19.4 Å². The number of pyridine rings is 1. The van der Waals surface area contributed by atoms with Crippen molar-refractivity contribution >= 4 is 42.6 Å². The Bertz CT molecular complexity index is 1250. The summed E-state index contributed by atoms with van der Waals surface area (Å²) >= 11 is 1.51. The van der Waals surface area contributed by atoms with E-state index in [1.807, 2.05) is 44.0 Å². The predicted molar refractivity (Wildman–Crippen MR) is 156 cm³/mol. The number of carbonyl (C=O) groups is 1. The highest BCUT2D eigenvalue weighted by Gasteiger charge is 2.29. The standard InChI is InChI=1S/C27H41N5O4SSi/c1-27(2,3)36-26(33)31-11-8-9-19(17-31)30-23-20-10-12-32(18-34-13-14-38(5,6)7)24(20)28-15-21(23)25-29-16-22(35-25)37-4/h10,12,15-16,19H,8-9,11,13-14,17-18H2,1-7H3,(H,28,30)/t19-/m1/s1. The van der Waals surface area contributed by atoms with Gasteiger partial charge in [0.05, 0.1) is 17.4 Å². The number of rotatable bonds is 9. The van der Waals surface area contributed by atoms with Crippen molar-refractivity contribution in [1.29, 1.82) is 0 Å². The van der Waals surface area contributed by atoms with Gasteiger partial charge in [-0.25, -0.2) is 14.8 Å². The minimum atomic E-state index is -1.16. The number of fused-ring (bicyclic) bond motifs is 1. The number of ether oxygens (including phenoxy) is 2. The molecule has 0 bridgehead atoms. The Kier molecular flexibility index (Phi) is 8.78. The summed E-state index contributed by atoms with van der Waals surface area (Å²) in [6, 6.07) is 3.23. The number of aromatic nitrogens is 3. The van der Waals surface area contributed by atoms with Crippen molar-refractivity contribution < 1.29 is 18.7 Å². The summed E-state index contributed by atoms with van der Waals surface area (Å²) in [5.41, 5.74) is 2.01. The number of piperidine rings is 1. The lowest BCUT2D eigenvalue weighted by Gasteiger charge is -2.35. The maximum atomic E-state index is 12.8. The maximum absolute atomic E-state index is 12.8. The lowest BCUT2D eigenvalue weighted by molar-refractivity contribution is 0.0206. The van der Waals surface area contributed by atoms with Gasteiger partial charge in [0, 0.05) is 51.6 Å². The van der Waals surface area contributed by atoms with Crippen LogP contribution in [0.15, 0.2) is 34.2 Å². The fourth-order valence-electron chi connectivity index (χ4n) is 4.37. The summed E-state index contributed by atoms with van der Waals surface area (Å²) in [5.74, 6) is 0.519. The molecule has 0 aromatic carbocycles. The van der Waals surface area contributed by atoms with Gasteiger partial charge in [0.2, 0.25) is 5.89 Å². The summed E-state index contributed by atoms with van der Waals surface area (Å²) in [4.78, 5) is 23.8. The molecule has 1 amide bonds. The van der Waals surface area contributed by atoms with E-state index in [4.69, 9.17) is 18.9 Å². The van der Waals surface area contributed by atoms with Gasteiger partial charge in [-0.3, -0.25) is 0 Å². The van der Waals surface area contributed by atoms with E-state index in [0.717, 1.165) is 52.9 Å². The van der Waals surface area contributed by atoms with Crippen LogP contribution in [0.4, 0.5) is 10.5 Å². The molecule has 1 N–H and O–H groups in total. The van der Waals surface area contributed by atoms with Gasteiger partial charge in [-0.15, -0.1) is 0 Å². The molecule has 208 valence electrons. The first kappa shape index (κ1) is 28.5. The van der Waals surface area contributed by atoms with Gasteiger partial charge >= 0.3 is 6.09 Å². The van der Waals surface area contributed by atoms with Crippen LogP contribution >= 0.6 is 11.8 Å². The third kappa shape index (κ3) is 7.32. The molecule has 38 heavy (non-hydrogen) atoms. The summed E-state index contributed by atoms with van der Waals surface area (Å²) in [6.45, 7) is 15.2. The molecule has 0 unspecified atom stereocenters. The number of anilines is 1. The molecule has 3 aromatic rings. The van der Waals surface area contributed by atoms with Crippen molar-refractivity contribution in [2.24, 2.45) is 0 Å². The van der Waals surface area contributed by atoms with Crippen LogP contribution in [0.2, 0.25) is 25.7 Å². The highest BCUT2D eigenvalue weighted by Crippen LogP contribution is 2.36. The summed E-state index contributed by atoms with van der Waals surface area (Å²) in [7, 11) is -1.16. The van der Waals surface area contributed by atoms with Crippen LogP contribution in [0.3, 0.4) is 0 Å². The number of amides is 1. The second kappa shape index (κ2) is 11.7. The predicted octanol–water partition coefficient (Wildman–Crippen LogP) is 6.54. The van der Waals surface area contributed by atoms with Crippen LogP contribution in [-0.4, -0.2) is 71.2 Å². The zero-order valence-electron chi connectivity index (χ0n) is 23.7. The Hall–Kier alpha value is -2.50. The van der Waals surface area contributed by atoms with Gasteiger partial charge in [-0.1, -0.05) is 31.4 Å². The van der Waals surface area contributed by atoms with Crippen LogP contribution in [0, 0.1) is 0 Å². The molecule has 0 aliphatic carbocycles. The zero-order chi connectivity index (χ0) is 27.5. The molecule has 9 nitrogen and oxygen atoms in total. The number of thioether (sulfide) groups is 1. The molecule has 1 aliphatic rings. The molecule has 0 radical (unpaired) electrons. The average Bonchev–Trinajstić information content (AvgIpc) is 3.48. The van der Waals surface area contributed by atoms with Gasteiger partial charge in [0.25, 0.3) is 0 Å². The van der Waals surface area contributed by atoms with Crippen LogP contribution in [0.25, 0.3) is 22.5 Å². The Labute approximate surface area is 230 Å². The Balaban J connectivity index is 1.60. The maximum Gasteiger partial charge on any atom is 0.410 e. The molecule has 0 saturated carbocycles. The first-order chi connectivity index (χ1) is 17.9. The molecule has 1 fully saturated rings. The number of nitrogens with zero attached hydrogens (tertiary/aromatic N) is 4. The van der Waals surface area contributed by atoms with Crippen molar-refractivity contribution in [2.75, 3.05) is 31.3 Å². The van der Waals surface area contributed by atoms with E-state index >= 15 is 0 Å². The molecule has 4 heterocycles. The topological polar surface area (TPSA) is 94.7 Å². The van der Waals surface area contributed by atoms with E-state index < -0.39 is 13.7 Å². The van der Waals surface area contributed by atoms with E-state index in [1.54, 1.807) is 11.1 Å². The number of likely N-dealkylation sites (tertiary alicyclic amines) is 1. The minimum absolute atomic E-state index is 0.0481. The molecule has 3 aromatic heterocycles. The number of hydrogen-bond donors (Lipinski definition) is 1. The lowest BCUT2D eigenvalue weighted by atomic mass is 10.0. The van der Waals surface area contributed by atoms with Crippen molar-refractivity contribution in [3.8, 4) is 11.5 Å². The fourth-order valence-corrected chi connectivity index (χ4v) is 5.45. The largest absolute Gasteiger partial charge is 0.444 e. The molecule has 1 atom stereocenters. The highest BCUT2D eigenvalue weighted by molar-refractivity contribution is 7.98. The van der Waals surface area contributed by atoms with E-state index in [-0.39, 0.29) is 12.1 Å². The van der Waals surface area contributed by atoms with Gasteiger partial charge in [0.15, 0.2) is 5.09 Å². The van der Waals surface area contributed by atoms with Gasteiger partial charge in [-0.05, 0) is 52.0 Å². The third-order valence-corrected chi connectivity index (χ3v) is 8.65. The fraction of sp³-hybridized carbons (Fsp3) is 0.593. The van der Waals surface area contributed by atoms with Crippen LogP contribution in [-0.2, 0) is 16.2 Å². The molecular formula is C27H41N5O4SSi. The van der Waals surface area contributed by atoms with Gasteiger partial charge in [0.1, 0.15) is 18.0 Å². The summed E-state index contributed by atoms with van der Waals surface area (Å²) in [5, 5.41) is 5.43. The van der Waals surface area contributed by atoms with Crippen molar-refractivity contribution in [3.05, 3.63) is 24.7 Å². The molecular weight excluding hydrogens is 518 g/mol. The number of oxazole rings is 1. The second-order valence-corrected chi connectivity index (χ2v) is 18.4. The lowest BCUT2D eigenvalue weighted by Crippen LogP contribution is -2.47. The van der Waals surface area contributed by atoms with Crippen molar-refractivity contribution in [3.63, 3.8) is 0 Å². The average molecular weight is 560 g/mol. The summed E-state index contributed by atoms with van der Waals surface area (Å²) in [6.07, 6.45) is 9.07. The smallest absolute Gasteiger partial charge is 0.410 e. The normalized spacial score (nSPS) is 16.7. The molecule has 1 aliphatic heterocycles. The first-order valence-electron chi connectivity index (χ1n) is 13.2. The number of carbonyl (C=O) groups excluding carboxylic acids is 1. The monoisotopic (exact) mass is 559 g/mol. The van der Waals surface area contributed by atoms with Crippen molar-refractivity contribution in [2.45, 2.75) is 82.8 Å². The van der Waals surface area contributed by atoms with E-state index in [0.29, 0.717) is 25.7 Å². The Morgan fingerprint density at radius 2 is 2.05 bits per heavy atom. The van der Waals surface area contributed by atoms with Crippen LogP contribution in [0.5, 0.6) is 0 Å². The van der Waals surface area contributed by atoms with E-state index in [2.05, 4.69) is 36.0 Å². The molecule has 4 rings (SSSR count). The highest BCUT2D eigenvalue weighted by atomic mass is 32.2. The SMILES string of the molecule is CSc1cnc(-c2cnc3c(ccn3COCC[Si](C)(C)C)c2N[C@@H]2CCCN(C(=O)OC(C)(C)C)C2)o1. The molecule has 0 spiro atoms. The second-order valence-electron chi connectivity index (χ2n) is 12.0. The van der Waals surface area contributed by atoms with E-state index in [9.17, 15) is 4.79 Å². The number of nitrogens with one attached hydrogen (secondary N) is 1. The Morgan fingerprint density at radius 1 is 1.26 bits per heavy atom. The molecule has 11 heteroatoms. The Morgan fingerprint density at radius 3 is 2.74 bits per heavy atom. The molecule has 1 saturated heterocycles. The third-order valence-electron chi connectivity index (χ3n) is 6.35. The minimum Gasteiger partial charge on any atom is -0.444 e. The van der Waals surface area contributed by atoms with Gasteiger partial charge in [-0.2, -0.15) is 0 Å². The first-order valence-corrected chi connectivity index (χ1v) is 18.2. The van der Waals surface area contributed by atoms with E-state index in [1.165, 1.54) is 11.8 Å². The van der Waals surface area contributed by atoms with Gasteiger partial charge < -0.3 is 28.7 Å². The zero-order valence-corrected chi connectivity index (χ0v) is 25.5. The van der Waals surface area contributed by atoms with Crippen LogP contribution in [0.1, 0.15) is 33.6 Å². The van der Waals surface area contributed by atoms with Crippen LogP contribution < -0.4 is 5.32 Å². The quantitative estimate of drug-likeness (QED) is 0.179. The number of hydrogen-bond acceptors (Lipinski definition) is 8.